The van der Waals surface area contributed by atoms with Crippen molar-refractivity contribution in [3.05, 3.63) is 53.5 Å². The third-order valence-electron chi connectivity index (χ3n) is 2.86. The smallest absolute Gasteiger partial charge is 0.259 e. The maximum atomic E-state index is 12.1. The zero-order valence-electron chi connectivity index (χ0n) is 11.0. The fraction of sp³-hybridized carbons (Fsp3) is 0.143. The number of carbonyl (C=O) groups is 1. The van der Waals surface area contributed by atoms with Gasteiger partial charge in [-0.1, -0.05) is 12.1 Å². The fourth-order valence-corrected chi connectivity index (χ4v) is 1.80. The summed E-state index contributed by atoms with van der Waals surface area (Å²) in [4.78, 5) is 12.1. The van der Waals surface area contributed by atoms with Gasteiger partial charge in [0.15, 0.2) is 5.84 Å². The molecule has 0 atom stereocenters. The van der Waals surface area contributed by atoms with Crippen LogP contribution in [0, 0.1) is 0 Å². The molecule has 0 aliphatic carbocycles. The van der Waals surface area contributed by atoms with Gasteiger partial charge in [0.25, 0.3) is 5.91 Å². The molecule has 0 saturated carbocycles. The molecule has 1 aromatic carbocycles. The number of aryl methyl sites for hydroxylation is 1. The quantitative estimate of drug-likeness (QED) is 0.344. The van der Waals surface area contributed by atoms with Gasteiger partial charge < -0.3 is 20.7 Å². The number of oxime groups is 1. The Morgan fingerprint density at radius 3 is 2.65 bits per heavy atom. The fourth-order valence-electron chi connectivity index (χ4n) is 1.80. The second-order valence-electron chi connectivity index (χ2n) is 4.13. The molecular weight excluding hydrogens is 258 g/mol. The lowest BCUT2D eigenvalue weighted by atomic mass is 10.1. The lowest BCUT2D eigenvalue weighted by Gasteiger charge is -2.06. The van der Waals surface area contributed by atoms with E-state index in [0.717, 1.165) is 0 Å². The largest absolute Gasteiger partial charge is 0.469 e. The Hall–Kier alpha value is -2.76. The first-order chi connectivity index (χ1) is 9.65. The highest BCUT2D eigenvalue weighted by Gasteiger charge is 2.13. The third-order valence-corrected chi connectivity index (χ3v) is 2.86. The molecule has 104 valence electrons. The van der Waals surface area contributed by atoms with Gasteiger partial charge in [0.05, 0.1) is 11.8 Å². The number of rotatable bonds is 4. The molecule has 1 aromatic heterocycles. The van der Waals surface area contributed by atoms with Crippen LogP contribution in [0.15, 0.2) is 46.2 Å². The van der Waals surface area contributed by atoms with E-state index in [9.17, 15) is 4.79 Å². The zero-order chi connectivity index (χ0) is 14.5. The summed E-state index contributed by atoms with van der Waals surface area (Å²) in [5.41, 5.74) is 7.17. The molecule has 4 N–H and O–H groups in total. The van der Waals surface area contributed by atoms with Crippen LogP contribution in [0.5, 0.6) is 0 Å². The molecule has 0 bridgehead atoms. The molecule has 6 heteroatoms. The average molecular weight is 273 g/mol. The van der Waals surface area contributed by atoms with Crippen LogP contribution in [0.4, 0.5) is 5.69 Å². The molecule has 0 fully saturated rings. The van der Waals surface area contributed by atoms with Gasteiger partial charge in [-0.25, -0.2) is 0 Å². The first-order valence-corrected chi connectivity index (χ1v) is 6.11. The van der Waals surface area contributed by atoms with Gasteiger partial charge in [-0.2, -0.15) is 0 Å². The lowest BCUT2D eigenvalue weighted by molar-refractivity contribution is 0.102. The second kappa shape index (κ2) is 5.92. The number of carbonyl (C=O) groups excluding carboxylic acids is 1. The highest BCUT2D eigenvalue weighted by Crippen LogP contribution is 2.15. The molecule has 2 rings (SSSR count). The summed E-state index contributed by atoms with van der Waals surface area (Å²) in [5, 5.41) is 14.2. The van der Waals surface area contributed by atoms with Gasteiger partial charge in [-0.3, -0.25) is 4.79 Å². The molecule has 0 unspecified atom stereocenters. The van der Waals surface area contributed by atoms with E-state index in [2.05, 4.69) is 10.5 Å². The van der Waals surface area contributed by atoms with E-state index in [1.54, 1.807) is 30.3 Å². The van der Waals surface area contributed by atoms with Crippen molar-refractivity contribution in [1.82, 2.24) is 0 Å². The Bertz CT molecular complexity index is 629. The van der Waals surface area contributed by atoms with Crippen molar-refractivity contribution in [2.24, 2.45) is 10.9 Å². The number of hydrogen-bond donors (Lipinski definition) is 3. The number of amides is 1. The summed E-state index contributed by atoms with van der Waals surface area (Å²) in [6.45, 7) is 1.92. The summed E-state index contributed by atoms with van der Waals surface area (Å²) >= 11 is 0. The number of anilines is 1. The van der Waals surface area contributed by atoms with Crippen molar-refractivity contribution in [3.63, 3.8) is 0 Å². The molecule has 2 aromatic rings. The monoisotopic (exact) mass is 273 g/mol. The number of nitrogens with zero attached hydrogens (tertiary/aromatic N) is 1. The van der Waals surface area contributed by atoms with E-state index in [4.69, 9.17) is 15.4 Å². The maximum absolute atomic E-state index is 12.1. The van der Waals surface area contributed by atoms with E-state index in [1.165, 1.54) is 6.26 Å². The van der Waals surface area contributed by atoms with Gasteiger partial charge in [-0.05, 0) is 30.3 Å². The summed E-state index contributed by atoms with van der Waals surface area (Å²) < 4.78 is 5.22. The normalized spacial score (nSPS) is 11.3. The van der Waals surface area contributed by atoms with Gasteiger partial charge in [0.1, 0.15) is 5.76 Å². The molecule has 0 aliphatic rings. The number of amidine groups is 1. The van der Waals surface area contributed by atoms with Crippen LogP contribution in [0.2, 0.25) is 0 Å². The molecule has 6 nitrogen and oxygen atoms in total. The van der Waals surface area contributed by atoms with E-state index < -0.39 is 0 Å². The Kier molecular flexibility index (Phi) is 4.05. The number of hydrogen-bond acceptors (Lipinski definition) is 4. The van der Waals surface area contributed by atoms with E-state index in [-0.39, 0.29) is 11.7 Å². The Labute approximate surface area is 115 Å². The predicted octanol–water partition coefficient (Wildman–Crippen LogP) is 2.19. The van der Waals surface area contributed by atoms with E-state index in [1.807, 2.05) is 6.92 Å². The minimum absolute atomic E-state index is 0.0194. The number of benzene rings is 1. The third kappa shape index (κ3) is 2.80. The summed E-state index contributed by atoms with van der Waals surface area (Å²) in [7, 11) is 0. The second-order valence-corrected chi connectivity index (χ2v) is 4.13. The van der Waals surface area contributed by atoms with Crippen LogP contribution in [0.1, 0.15) is 28.6 Å². The van der Waals surface area contributed by atoms with Gasteiger partial charge >= 0.3 is 0 Å². The zero-order valence-corrected chi connectivity index (χ0v) is 11.0. The van der Waals surface area contributed by atoms with Crippen LogP contribution >= 0.6 is 0 Å². The van der Waals surface area contributed by atoms with Crippen LogP contribution in [-0.4, -0.2) is 17.0 Å². The first kappa shape index (κ1) is 13.7. The SMILES string of the molecule is CCc1occc1C(=O)Nc1ccc(/C(N)=N/O)cc1. The van der Waals surface area contributed by atoms with Crippen molar-refractivity contribution < 1.29 is 14.4 Å². The van der Waals surface area contributed by atoms with E-state index >= 15 is 0 Å². The average Bonchev–Trinajstić information content (AvgIpc) is 2.95. The Morgan fingerprint density at radius 2 is 2.05 bits per heavy atom. The number of nitrogens with one attached hydrogen (secondary N) is 1. The highest BCUT2D eigenvalue weighted by molar-refractivity contribution is 6.05. The highest BCUT2D eigenvalue weighted by atomic mass is 16.4. The van der Waals surface area contributed by atoms with Crippen molar-refractivity contribution in [3.8, 4) is 0 Å². The van der Waals surface area contributed by atoms with Crippen molar-refractivity contribution in [2.75, 3.05) is 5.32 Å². The van der Waals surface area contributed by atoms with Crippen molar-refractivity contribution in [2.45, 2.75) is 13.3 Å². The molecule has 20 heavy (non-hydrogen) atoms. The van der Waals surface area contributed by atoms with Crippen molar-refractivity contribution in [1.29, 1.82) is 0 Å². The predicted molar refractivity (Wildman–Crippen MR) is 75.0 cm³/mol. The summed E-state index contributed by atoms with van der Waals surface area (Å²) in [6.07, 6.45) is 2.15. The first-order valence-electron chi connectivity index (χ1n) is 6.11. The number of nitrogens with two attached hydrogens (primary N) is 1. The molecule has 0 saturated heterocycles. The molecule has 0 spiro atoms. The lowest BCUT2D eigenvalue weighted by Crippen LogP contribution is -2.14. The molecule has 0 radical (unpaired) electrons. The van der Waals surface area contributed by atoms with Crippen LogP contribution in [0.3, 0.4) is 0 Å². The molecule has 0 aliphatic heterocycles. The molecule has 1 amide bonds. The molecule has 1 heterocycles. The number of furan rings is 1. The van der Waals surface area contributed by atoms with Gasteiger partial charge in [-0.15, -0.1) is 0 Å². The Balaban J connectivity index is 2.12. The minimum atomic E-state index is -0.229. The maximum Gasteiger partial charge on any atom is 0.259 e. The molecular formula is C14H15N3O3. The van der Waals surface area contributed by atoms with Crippen LogP contribution < -0.4 is 11.1 Å². The van der Waals surface area contributed by atoms with Crippen LogP contribution in [0.25, 0.3) is 0 Å². The summed E-state index contributed by atoms with van der Waals surface area (Å²) in [6, 6.07) is 8.30. The van der Waals surface area contributed by atoms with Crippen molar-refractivity contribution >= 4 is 17.4 Å². The Morgan fingerprint density at radius 1 is 1.35 bits per heavy atom. The standard InChI is InChI=1S/C14H15N3O3/c1-2-12-11(7-8-20-12)14(18)16-10-5-3-9(4-6-10)13(15)17-19/h3-8,19H,2H2,1H3,(H2,15,17)(H,16,18). The van der Waals surface area contributed by atoms with Gasteiger partial charge in [0, 0.05) is 17.7 Å². The van der Waals surface area contributed by atoms with E-state index in [0.29, 0.717) is 29.0 Å². The minimum Gasteiger partial charge on any atom is -0.469 e. The topological polar surface area (TPSA) is 101 Å². The van der Waals surface area contributed by atoms with Crippen LogP contribution in [-0.2, 0) is 6.42 Å². The summed E-state index contributed by atoms with van der Waals surface area (Å²) in [5.74, 6) is 0.439. The van der Waals surface area contributed by atoms with Gasteiger partial charge in [0.2, 0.25) is 0 Å².